The maximum absolute atomic E-state index is 13.1. The first kappa shape index (κ1) is 16.0. The number of nitrogens with one attached hydrogen (secondary N) is 1. The van der Waals surface area contributed by atoms with Gasteiger partial charge in [0.2, 0.25) is 0 Å². The van der Waals surface area contributed by atoms with Crippen molar-refractivity contribution in [3.8, 4) is 0 Å². The van der Waals surface area contributed by atoms with E-state index in [-0.39, 0.29) is 17.3 Å². The van der Waals surface area contributed by atoms with Crippen LogP contribution < -0.4 is 5.32 Å². The second kappa shape index (κ2) is 5.66. The largest absolute Gasteiger partial charge is 0.321 e. The van der Waals surface area contributed by atoms with E-state index in [9.17, 15) is 9.18 Å². The van der Waals surface area contributed by atoms with Crippen LogP contribution in [0, 0.1) is 16.6 Å². The molecule has 2 fully saturated rings. The third-order valence-corrected chi connectivity index (χ3v) is 5.01. The zero-order chi connectivity index (χ0) is 16.7. The van der Waals surface area contributed by atoms with Gasteiger partial charge in [-0.15, -0.1) is 0 Å². The number of nitrogens with zero attached hydrogens (tertiary/aromatic N) is 1. The summed E-state index contributed by atoms with van der Waals surface area (Å²) in [5.74, 6) is -0.276. The number of urea groups is 1. The summed E-state index contributed by atoms with van der Waals surface area (Å²) < 4.78 is 13.1. The summed E-state index contributed by atoms with van der Waals surface area (Å²) in [6.07, 6.45) is 6.64. The molecule has 2 amide bonds. The zero-order valence-corrected chi connectivity index (χ0v) is 14.1. The van der Waals surface area contributed by atoms with E-state index in [1.165, 1.54) is 18.6 Å². The van der Waals surface area contributed by atoms with E-state index in [1.807, 2.05) is 4.90 Å². The average molecular weight is 316 g/mol. The van der Waals surface area contributed by atoms with Crippen LogP contribution in [0.2, 0.25) is 0 Å². The fourth-order valence-corrected chi connectivity index (χ4v) is 4.60. The zero-order valence-electron chi connectivity index (χ0n) is 14.1. The van der Waals surface area contributed by atoms with Gasteiger partial charge < -0.3 is 10.2 Å². The minimum absolute atomic E-state index is 0.0518. The third-order valence-electron chi connectivity index (χ3n) is 5.01. The second-order valence-electron chi connectivity index (χ2n) is 8.18. The Morgan fingerprint density at radius 3 is 2.87 bits per heavy atom. The lowest BCUT2D eigenvalue weighted by molar-refractivity contribution is 0.129. The molecule has 1 saturated heterocycles. The molecule has 1 aromatic carbocycles. The van der Waals surface area contributed by atoms with E-state index >= 15 is 0 Å². The summed E-state index contributed by atoms with van der Waals surface area (Å²) in [6, 6.07) is 6.58. The molecule has 23 heavy (non-hydrogen) atoms. The molecule has 4 heteroatoms. The summed E-state index contributed by atoms with van der Waals surface area (Å²) >= 11 is 0. The van der Waals surface area contributed by atoms with Gasteiger partial charge in [-0.1, -0.05) is 32.9 Å². The van der Waals surface area contributed by atoms with Crippen LogP contribution in [-0.4, -0.2) is 23.5 Å². The molecule has 2 bridgehead atoms. The van der Waals surface area contributed by atoms with Gasteiger partial charge in [-0.2, -0.15) is 0 Å². The Labute approximate surface area is 137 Å². The normalized spacial score (nSPS) is 29.0. The smallest absolute Gasteiger partial charge is 0.321 e. The highest BCUT2D eigenvalue weighted by Gasteiger charge is 2.50. The number of hydrogen-bond donors (Lipinski definition) is 1. The number of benzene rings is 1. The Hall–Kier alpha value is -1.84. The van der Waals surface area contributed by atoms with Gasteiger partial charge in [0, 0.05) is 18.8 Å². The number of amides is 2. The molecule has 3 rings (SSSR count). The van der Waals surface area contributed by atoms with E-state index in [0.717, 1.165) is 24.9 Å². The number of carbonyl (C=O) groups is 1. The fraction of sp³-hybridized carbons (Fsp3) is 0.526. The first-order chi connectivity index (χ1) is 10.8. The number of rotatable bonds is 2. The molecule has 0 aromatic heterocycles. The van der Waals surface area contributed by atoms with Gasteiger partial charge in [-0.3, -0.25) is 0 Å². The Kier molecular flexibility index (Phi) is 3.95. The predicted octanol–water partition coefficient (Wildman–Crippen LogP) is 4.41. The topological polar surface area (TPSA) is 32.3 Å². The Morgan fingerprint density at radius 1 is 1.35 bits per heavy atom. The number of fused-ring (bicyclic) bond motifs is 2. The number of likely N-dealkylation sites (tertiary alicyclic amines) is 1. The highest BCUT2D eigenvalue weighted by Crippen LogP contribution is 2.52. The molecule has 1 N–H and O–H groups in total. The fourth-order valence-electron chi connectivity index (χ4n) is 4.60. The molecule has 2 aliphatic rings. The second-order valence-corrected chi connectivity index (χ2v) is 8.18. The lowest BCUT2D eigenvalue weighted by Gasteiger charge is -2.39. The molecular weight excluding hydrogens is 291 g/mol. The Balaban J connectivity index is 1.63. The summed E-state index contributed by atoms with van der Waals surface area (Å²) in [6.45, 7) is 7.70. The van der Waals surface area contributed by atoms with Gasteiger partial charge in [-0.25, -0.2) is 9.18 Å². The van der Waals surface area contributed by atoms with E-state index in [0.29, 0.717) is 11.5 Å². The molecule has 0 spiro atoms. The molecule has 2 atom stereocenters. The van der Waals surface area contributed by atoms with Crippen molar-refractivity contribution in [2.75, 3.05) is 6.54 Å². The Bertz CT molecular complexity index is 640. The van der Waals surface area contributed by atoms with Crippen LogP contribution in [-0.2, 0) is 0 Å². The van der Waals surface area contributed by atoms with Crippen molar-refractivity contribution >= 4 is 12.1 Å². The highest BCUT2D eigenvalue weighted by atomic mass is 19.1. The van der Waals surface area contributed by atoms with Crippen molar-refractivity contribution in [2.45, 2.75) is 46.1 Å². The summed E-state index contributed by atoms with van der Waals surface area (Å²) in [5.41, 5.74) is 1.26. The van der Waals surface area contributed by atoms with Gasteiger partial charge in [0.1, 0.15) is 5.82 Å². The standard InChI is InChI=1S/C19H25FN2O/c1-18(2)10-16-11-19(3,12-18)13-22(16)17(23)21-8-7-14-5-4-6-15(20)9-14/h4-9,16H,10-13H2,1-3H3,(H,21,23)/b8-7+. The Morgan fingerprint density at radius 2 is 2.13 bits per heavy atom. The maximum atomic E-state index is 13.1. The molecule has 0 radical (unpaired) electrons. The monoisotopic (exact) mass is 316 g/mol. The van der Waals surface area contributed by atoms with Crippen molar-refractivity contribution in [1.82, 2.24) is 10.2 Å². The van der Waals surface area contributed by atoms with Gasteiger partial charge in [0.05, 0.1) is 0 Å². The number of halogens is 1. The minimum atomic E-state index is -0.276. The van der Waals surface area contributed by atoms with Crippen LogP contribution in [0.5, 0.6) is 0 Å². The van der Waals surface area contributed by atoms with Crippen LogP contribution in [0.25, 0.3) is 6.08 Å². The van der Waals surface area contributed by atoms with Crippen LogP contribution in [0.3, 0.4) is 0 Å². The third kappa shape index (κ3) is 3.57. The average Bonchev–Trinajstić information content (AvgIpc) is 2.68. The van der Waals surface area contributed by atoms with Gasteiger partial charge in [0.15, 0.2) is 0 Å². The first-order valence-electron chi connectivity index (χ1n) is 8.26. The molecule has 1 saturated carbocycles. The highest BCUT2D eigenvalue weighted by molar-refractivity contribution is 5.77. The van der Waals surface area contributed by atoms with Gasteiger partial charge >= 0.3 is 6.03 Å². The van der Waals surface area contributed by atoms with Gasteiger partial charge in [0.25, 0.3) is 0 Å². The van der Waals surface area contributed by atoms with Crippen LogP contribution in [0.4, 0.5) is 9.18 Å². The number of hydrogen-bond acceptors (Lipinski definition) is 1. The summed E-state index contributed by atoms with van der Waals surface area (Å²) in [4.78, 5) is 14.5. The molecule has 1 aromatic rings. The molecule has 1 heterocycles. The SMILES string of the molecule is CC1(C)CC2CC(C)(CN2C(=O)N/C=C/c2cccc(F)c2)C1. The maximum Gasteiger partial charge on any atom is 0.321 e. The number of carbonyl (C=O) groups excluding carboxylic acids is 1. The molecular formula is C19H25FN2O. The lowest BCUT2D eigenvalue weighted by atomic mass is 9.65. The summed E-state index contributed by atoms with van der Waals surface area (Å²) in [7, 11) is 0. The quantitative estimate of drug-likeness (QED) is 0.861. The lowest BCUT2D eigenvalue weighted by Crippen LogP contribution is -2.41. The van der Waals surface area contributed by atoms with Crippen molar-refractivity contribution in [3.05, 3.63) is 41.8 Å². The van der Waals surface area contributed by atoms with Gasteiger partial charge in [-0.05, 0) is 53.9 Å². The minimum Gasteiger partial charge on any atom is -0.321 e. The van der Waals surface area contributed by atoms with Crippen molar-refractivity contribution in [3.63, 3.8) is 0 Å². The van der Waals surface area contributed by atoms with E-state index < -0.39 is 0 Å². The van der Waals surface area contributed by atoms with Crippen molar-refractivity contribution in [2.24, 2.45) is 10.8 Å². The van der Waals surface area contributed by atoms with E-state index in [1.54, 1.807) is 24.4 Å². The van der Waals surface area contributed by atoms with Crippen molar-refractivity contribution in [1.29, 1.82) is 0 Å². The first-order valence-corrected chi connectivity index (χ1v) is 8.26. The molecule has 1 aliphatic carbocycles. The van der Waals surface area contributed by atoms with Crippen LogP contribution in [0.15, 0.2) is 30.5 Å². The van der Waals surface area contributed by atoms with Crippen molar-refractivity contribution < 1.29 is 9.18 Å². The molecule has 2 unspecified atom stereocenters. The predicted molar refractivity (Wildman–Crippen MR) is 90.2 cm³/mol. The molecule has 124 valence electrons. The van der Waals surface area contributed by atoms with E-state index in [2.05, 4.69) is 26.1 Å². The van der Waals surface area contributed by atoms with Crippen LogP contribution in [0.1, 0.15) is 45.6 Å². The molecule has 1 aliphatic heterocycles. The summed E-state index contributed by atoms with van der Waals surface area (Å²) in [5, 5.41) is 2.83. The van der Waals surface area contributed by atoms with Crippen LogP contribution >= 0.6 is 0 Å². The van der Waals surface area contributed by atoms with E-state index in [4.69, 9.17) is 0 Å². The molecule has 3 nitrogen and oxygen atoms in total.